The maximum absolute atomic E-state index is 11.3. The van der Waals surface area contributed by atoms with Gasteiger partial charge >= 0.3 is 22.4 Å². The highest BCUT2D eigenvalue weighted by Crippen LogP contribution is 2.14. The standard InChI is InChI=1S/C9H9NO5S.C7H6O3.C6H5Cl/c11-8-3-1-7(2-4-8)9(12)15-6-5-10-16(13)14;8-6-4-2-1-3-5(6)7(9)10;7-6-4-2-1-3-5-6/h1-4,11H,5-6H2;1-4,8H,(H,9,10);1-5H. The number of carboxylic acid groups (broad SMARTS) is 1. The predicted molar refractivity (Wildman–Crippen MR) is 121 cm³/mol. The third kappa shape index (κ3) is 11.9. The second-order valence-corrected chi connectivity index (χ2v) is 7.00. The summed E-state index contributed by atoms with van der Waals surface area (Å²) in [5.41, 5.74) is 0.212. The number of aromatic hydroxyl groups is 2. The molecule has 174 valence electrons. The maximum atomic E-state index is 11.3. The molecule has 0 aromatic heterocycles. The van der Waals surface area contributed by atoms with Crippen LogP contribution < -0.4 is 0 Å². The van der Waals surface area contributed by atoms with Crippen molar-refractivity contribution in [2.24, 2.45) is 4.36 Å². The highest BCUT2D eigenvalue weighted by molar-refractivity contribution is 7.61. The van der Waals surface area contributed by atoms with Gasteiger partial charge in [0.2, 0.25) is 0 Å². The van der Waals surface area contributed by atoms with E-state index >= 15 is 0 Å². The summed E-state index contributed by atoms with van der Waals surface area (Å²) >= 11 is 5.54. The first-order chi connectivity index (χ1) is 15.7. The van der Waals surface area contributed by atoms with Gasteiger partial charge in [-0.2, -0.15) is 12.8 Å². The third-order valence-electron chi connectivity index (χ3n) is 3.49. The molecule has 0 spiro atoms. The Labute approximate surface area is 196 Å². The lowest BCUT2D eigenvalue weighted by Gasteiger charge is -2.01. The molecule has 0 bridgehead atoms. The van der Waals surface area contributed by atoms with Crippen LogP contribution in [-0.2, 0) is 15.2 Å². The molecule has 3 aromatic carbocycles. The van der Waals surface area contributed by atoms with Gasteiger partial charge in [-0.25, -0.2) is 9.59 Å². The molecule has 9 nitrogen and oxygen atoms in total. The molecule has 0 amide bonds. The monoisotopic (exact) mass is 493 g/mol. The van der Waals surface area contributed by atoms with Gasteiger partial charge in [0.05, 0.1) is 12.1 Å². The molecule has 0 heterocycles. The van der Waals surface area contributed by atoms with Crippen LogP contribution in [-0.4, -0.2) is 48.8 Å². The lowest BCUT2D eigenvalue weighted by atomic mass is 10.2. The number of ether oxygens (including phenoxy) is 1. The third-order valence-corrected chi connectivity index (χ3v) is 4.14. The van der Waals surface area contributed by atoms with E-state index in [-0.39, 0.29) is 35.8 Å². The van der Waals surface area contributed by atoms with Crippen LogP contribution in [0.1, 0.15) is 20.7 Å². The van der Waals surface area contributed by atoms with Crippen molar-refractivity contribution in [2.75, 3.05) is 13.2 Å². The van der Waals surface area contributed by atoms with Crippen molar-refractivity contribution in [3.05, 3.63) is 95.0 Å². The summed E-state index contributed by atoms with van der Waals surface area (Å²) in [4.78, 5) is 21.6. The molecule has 3 aromatic rings. The summed E-state index contributed by atoms with van der Waals surface area (Å²) in [5, 5.41) is 27.1. The quantitative estimate of drug-likeness (QED) is 0.356. The molecule has 11 heteroatoms. The number of rotatable bonds is 5. The second kappa shape index (κ2) is 15.0. The fraction of sp³-hybridized carbons (Fsp3) is 0.0909. The zero-order valence-electron chi connectivity index (χ0n) is 17.0. The van der Waals surface area contributed by atoms with Crippen LogP contribution in [0.5, 0.6) is 11.5 Å². The van der Waals surface area contributed by atoms with Crippen LogP contribution in [0, 0.1) is 0 Å². The van der Waals surface area contributed by atoms with Crippen molar-refractivity contribution in [3.63, 3.8) is 0 Å². The van der Waals surface area contributed by atoms with Crippen molar-refractivity contribution < 1.29 is 38.1 Å². The highest BCUT2D eigenvalue weighted by atomic mass is 35.5. The van der Waals surface area contributed by atoms with Crippen LogP contribution in [0.4, 0.5) is 0 Å². The molecule has 0 fully saturated rings. The number of hydrogen-bond donors (Lipinski definition) is 3. The summed E-state index contributed by atoms with van der Waals surface area (Å²) in [5.74, 6) is -1.85. The number of esters is 1. The second-order valence-electron chi connectivity index (χ2n) is 5.87. The molecule has 0 aliphatic carbocycles. The number of carbonyl (C=O) groups excluding carboxylic acids is 1. The van der Waals surface area contributed by atoms with E-state index in [0.29, 0.717) is 0 Å². The van der Waals surface area contributed by atoms with Crippen LogP contribution >= 0.6 is 11.6 Å². The number of phenolic OH excluding ortho intramolecular Hbond substituents is 1. The van der Waals surface area contributed by atoms with Crippen molar-refractivity contribution in [3.8, 4) is 11.5 Å². The Morgan fingerprint density at radius 1 is 0.879 bits per heavy atom. The number of benzene rings is 3. The van der Waals surface area contributed by atoms with Gasteiger partial charge in [0, 0.05) is 5.02 Å². The molecule has 0 unspecified atom stereocenters. The minimum Gasteiger partial charge on any atom is -0.508 e. The number of nitrogens with zero attached hydrogens (tertiary/aromatic N) is 1. The Balaban J connectivity index is 0.000000271. The number of hydrogen-bond acceptors (Lipinski definition) is 8. The van der Waals surface area contributed by atoms with Gasteiger partial charge < -0.3 is 20.1 Å². The zero-order valence-corrected chi connectivity index (χ0v) is 18.6. The normalized spacial score (nSPS) is 9.24. The Morgan fingerprint density at radius 2 is 1.45 bits per heavy atom. The van der Waals surface area contributed by atoms with Gasteiger partial charge in [-0.1, -0.05) is 41.9 Å². The topological polar surface area (TPSA) is 151 Å². The van der Waals surface area contributed by atoms with E-state index in [9.17, 15) is 18.0 Å². The largest absolute Gasteiger partial charge is 0.508 e. The van der Waals surface area contributed by atoms with Gasteiger partial charge in [-0.05, 0) is 48.5 Å². The number of halogens is 1. The summed E-state index contributed by atoms with van der Waals surface area (Å²) in [7, 11) is -2.48. The number of carbonyl (C=O) groups is 2. The van der Waals surface area contributed by atoms with E-state index in [1.165, 1.54) is 36.4 Å². The van der Waals surface area contributed by atoms with Crippen LogP contribution in [0.2, 0.25) is 5.02 Å². The maximum Gasteiger partial charge on any atom is 0.339 e. The summed E-state index contributed by atoms with van der Waals surface area (Å²) in [6, 6.07) is 20.8. The lowest BCUT2D eigenvalue weighted by molar-refractivity contribution is 0.0517. The minimum atomic E-state index is -2.48. The molecule has 0 radical (unpaired) electrons. The van der Waals surface area contributed by atoms with E-state index < -0.39 is 22.4 Å². The van der Waals surface area contributed by atoms with Gasteiger partial charge in [0.1, 0.15) is 23.7 Å². The molecule has 3 rings (SSSR count). The van der Waals surface area contributed by atoms with E-state index in [1.807, 2.05) is 30.3 Å². The Kier molecular flexibility index (Phi) is 12.3. The number of phenols is 2. The molecule has 0 aliphatic heterocycles. The lowest BCUT2D eigenvalue weighted by Crippen LogP contribution is -2.07. The molecular weight excluding hydrogens is 474 g/mol. The molecule has 3 N–H and O–H groups in total. The summed E-state index contributed by atoms with van der Waals surface area (Å²) < 4.78 is 27.9. The first kappa shape index (κ1) is 27.1. The first-order valence-corrected chi connectivity index (χ1v) is 10.6. The molecule has 0 atom stereocenters. The van der Waals surface area contributed by atoms with Gasteiger partial charge in [0.15, 0.2) is 0 Å². The van der Waals surface area contributed by atoms with Crippen LogP contribution in [0.25, 0.3) is 0 Å². The van der Waals surface area contributed by atoms with Crippen LogP contribution in [0.3, 0.4) is 0 Å². The Bertz CT molecular complexity index is 1160. The fourth-order valence-electron chi connectivity index (χ4n) is 2.00. The average Bonchev–Trinajstić information content (AvgIpc) is 2.78. The van der Waals surface area contributed by atoms with Crippen molar-refractivity contribution in [2.45, 2.75) is 0 Å². The molecule has 0 saturated carbocycles. The van der Waals surface area contributed by atoms with Crippen molar-refractivity contribution in [1.82, 2.24) is 0 Å². The fourth-order valence-corrected chi connectivity index (χ4v) is 2.37. The highest BCUT2D eigenvalue weighted by Gasteiger charge is 2.06. The molecule has 0 saturated heterocycles. The molecule has 0 aliphatic rings. The average molecular weight is 494 g/mol. The van der Waals surface area contributed by atoms with E-state index in [4.69, 9.17) is 31.7 Å². The van der Waals surface area contributed by atoms with E-state index in [0.717, 1.165) is 5.02 Å². The summed E-state index contributed by atoms with van der Waals surface area (Å²) in [6.45, 7) is -0.201. The first-order valence-electron chi connectivity index (χ1n) is 9.15. The number of aromatic carboxylic acids is 1. The smallest absolute Gasteiger partial charge is 0.339 e. The summed E-state index contributed by atoms with van der Waals surface area (Å²) in [6.07, 6.45) is 0. The predicted octanol–water partition coefficient (Wildman–Crippen LogP) is 4.04. The molecular formula is C22H20ClNO8S. The van der Waals surface area contributed by atoms with E-state index in [1.54, 1.807) is 12.1 Å². The van der Waals surface area contributed by atoms with E-state index in [2.05, 4.69) is 4.36 Å². The van der Waals surface area contributed by atoms with Crippen molar-refractivity contribution in [1.29, 1.82) is 0 Å². The Morgan fingerprint density at radius 3 is 1.91 bits per heavy atom. The minimum absolute atomic E-state index is 0.0494. The van der Waals surface area contributed by atoms with Gasteiger partial charge in [-0.3, -0.25) is 0 Å². The number of carboxylic acids is 1. The molecule has 33 heavy (non-hydrogen) atoms. The SMILES string of the molecule is Clc1ccccc1.O=C(O)c1ccccc1O.O=C(OCCN=S(=O)=O)c1ccc(O)cc1. The van der Waals surface area contributed by atoms with Crippen molar-refractivity contribution >= 4 is 34.0 Å². The van der Waals surface area contributed by atoms with Gasteiger partial charge in [-0.15, -0.1) is 0 Å². The van der Waals surface area contributed by atoms with Crippen LogP contribution in [0.15, 0.2) is 83.2 Å². The Hall–Kier alpha value is -3.89. The van der Waals surface area contributed by atoms with Gasteiger partial charge in [0.25, 0.3) is 0 Å². The number of para-hydroxylation sites is 1. The zero-order chi connectivity index (χ0) is 24.6.